The Morgan fingerprint density at radius 3 is 2.10 bits per heavy atom. The summed E-state index contributed by atoms with van der Waals surface area (Å²) in [6.07, 6.45) is 15.3. The monoisotopic (exact) mass is 414 g/mol. The van der Waals surface area contributed by atoms with Crippen LogP contribution >= 0.6 is 0 Å². The molecule has 0 aliphatic heterocycles. The standard InChI is InChI=1S/C29H50O/c1-19-23(30)9-8-21-20-10-13-29(7)24-18-25(2,3)14-15-26(24,4)16-17-28(29,6)22(20)11-12-27(19,21)5/h19-24,30H,8-18H2,1-7H3. The van der Waals surface area contributed by atoms with Crippen LogP contribution in [-0.2, 0) is 0 Å². The van der Waals surface area contributed by atoms with Gasteiger partial charge in [-0.05, 0) is 127 Å². The Labute approximate surface area is 187 Å². The zero-order valence-corrected chi connectivity index (χ0v) is 21.2. The number of fused-ring (bicyclic) bond motifs is 7. The topological polar surface area (TPSA) is 20.2 Å². The first-order chi connectivity index (χ1) is 13.9. The molecule has 10 atom stereocenters. The normalized spacial score (nSPS) is 60.0. The van der Waals surface area contributed by atoms with Crippen molar-refractivity contribution < 1.29 is 5.11 Å². The van der Waals surface area contributed by atoms with Crippen molar-refractivity contribution in [1.82, 2.24) is 0 Å². The highest BCUT2D eigenvalue weighted by Crippen LogP contribution is 2.75. The highest BCUT2D eigenvalue weighted by atomic mass is 16.3. The minimum absolute atomic E-state index is 0.0629. The van der Waals surface area contributed by atoms with E-state index in [4.69, 9.17) is 0 Å². The van der Waals surface area contributed by atoms with Gasteiger partial charge in [0.1, 0.15) is 0 Å². The summed E-state index contributed by atoms with van der Waals surface area (Å²) in [5.74, 6) is 4.08. The molecule has 30 heavy (non-hydrogen) atoms. The van der Waals surface area contributed by atoms with Gasteiger partial charge in [-0.25, -0.2) is 0 Å². The van der Waals surface area contributed by atoms with Gasteiger partial charge in [0.05, 0.1) is 6.10 Å². The molecule has 172 valence electrons. The Morgan fingerprint density at radius 2 is 1.37 bits per heavy atom. The van der Waals surface area contributed by atoms with E-state index in [1.807, 2.05) is 0 Å². The SMILES string of the molecule is CC1C(O)CCC2C3CCC4(C)C5CC(C)(C)CCC5(C)CCC4(C)C3CCC12C. The van der Waals surface area contributed by atoms with Crippen LogP contribution in [0, 0.1) is 56.7 Å². The van der Waals surface area contributed by atoms with Crippen molar-refractivity contribution in [3.05, 3.63) is 0 Å². The molecule has 1 nitrogen and oxygen atoms in total. The lowest BCUT2D eigenvalue weighted by Gasteiger charge is -2.72. The van der Waals surface area contributed by atoms with Crippen molar-refractivity contribution in [1.29, 1.82) is 0 Å². The zero-order valence-electron chi connectivity index (χ0n) is 21.2. The van der Waals surface area contributed by atoms with E-state index >= 15 is 0 Å². The second-order valence-corrected chi connectivity index (χ2v) is 14.8. The summed E-state index contributed by atoms with van der Waals surface area (Å²) in [6, 6.07) is 0. The van der Waals surface area contributed by atoms with Gasteiger partial charge in [0, 0.05) is 0 Å². The molecule has 5 fully saturated rings. The fraction of sp³-hybridized carbons (Fsp3) is 1.00. The maximum absolute atomic E-state index is 10.7. The molecule has 0 saturated heterocycles. The average molecular weight is 415 g/mol. The molecule has 0 heterocycles. The highest BCUT2D eigenvalue weighted by molar-refractivity contribution is 5.16. The Kier molecular flexibility index (Phi) is 4.73. The third-order valence-electron chi connectivity index (χ3n) is 13.3. The van der Waals surface area contributed by atoms with E-state index in [0.29, 0.717) is 33.0 Å². The molecule has 5 aliphatic rings. The Hall–Kier alpha value is -0.0400. The largest absolute Gasteiger partial charge is 0.393 e. The van der Waals surface area contributed by atoms with Gasteiger partial charge in [0.25, 0.3) is 0 Å². The number of hydrogen-bond donors (Lipinski definition) is 1. The van der Waals surface area contributed by atoms with Crippen LogP contribution in [0.2, 0.25) is 0 Å². The smallest absolute Gasteiger partial charge is 0.0571 e. The van der Waals surface area contributed by atoms with Gasteiger partial charge in [-0.1, -0.05) is 48.5 Å². The average Bonchev–Trinajstić information content (AvgIpc) is 2.68. The van der Waals surface area contributed by atoms with E-state index in [1.54, 1.807) is 0 Å². The molecule has 0 aromatic heterocycles. The first-order valence-corrected chi connectivity index (χ1v) is 13.5. The Bertz CT molecular complexity index is 696. The van der Waals surface area contributed by atoms with Gasteiger partial charge in [0.2, 0.25) is 0 Å². The molecule has 0 bridgehead atoms. The van der Waals surface area contributed by atoms with E-state index in [-0.39, 0.29) is 6.10 Å². The molecule has 5 saturated carbocycles. The quantitative estimate of drug-likeness (QED) is 0.427. The molecule has 0 aromatic carbocycles. The molecule has 10 unspecified atom stereocenters. The number of rotatable bonds is 0. The third kappa shape index (κ3) is 2.69. The van der Waals surface area contributed by atoms with Crippen LogP contribution in [0.3, 0.4) is 0 Å². The van der Waals surface area contributed by atoms with Crippen LogP contribution in [0.25, 0.3) is 0 Å². The van der Waals surface area contributed by atoms with Crippen molar-refractivity contribution >= 4 is 0 Å². The second kappa shape index (κ2) is 6.51. The van der Waals surface area contributed by atoms with Crippen molar-refractivity contribution in [2.45, 2.75) is 125 Å². The van der Waals surface area contributed by atoms with E-state index in [0.717, 1.165) is 30.1 Å². The molecule has 0 spiro atoms. The van der Waals surface area contributed by atoms with E-state index < -0.39 is 0 Å². The summed E-state index contributed by atoms with van der Waals surface area (Å²) in [5.41, 5.74) is 2.53. The van der Waals surface area contributed by atoms with Gasteiger partial charge in [-0.3, -0.25) is 0 Å². The van der Waals surface area contributed by atoms with Crippen molar-refractivity contribution in [2.75, 3.05) is 0 Å². The summed E-state index contributed by atoms with van der Waals surface area (Å²) >= 11 is 0. The molecule has 5 aliphatic carbocycles. The lowest BCUT2D eigenvalue weighted by Crippen LogP contribution is -2.65. The predicted molar refractivity (Wildman–Crippen MR) is 126 cm³/mol. The van der Waals surface area contributed by atoms with E-state index in [1.165, 1.54) is 64.2 Å². The lowest BCUT2D eigenvalue weighted by molar-refractivity contribution is -0.234. The molecular weight excluding hydrogens is 364 g/mol. The van der Waals surface area contributed by atoms with Gasteiger partial charge < -0.3 is 5.11 Å². The molecule has 1 heteroatoms. The fourth-order valence-electron chi connectivity index (χ4n) is 10.7. The zero-order chi connectivity index (χ0) is 21.7. The van der Waals surface area contributed by atoms with Crippen LogP contribution in [0.5, 0.6) is 0 Å². The second-order valence-electron chi connectivity index (χ2n) is 14.8. The van der Waals surface area contributed by atoms with Crippen LogP contribution in [-0.4, -0.2) is 11.2 Å². The molecular formula is C29H50O. The van der Waals surface area contributed by atoms with Gasteiger partial charge in [0.15, 0.2) is 0 Å². The minimum Gasteiger partial charge on any atom is -0.393 e. The third-order valence-corrected chi connectivity index (χ3v) is 13.3. The summed E-state index contributed by atoms with van der Waals surface area (Å²) in [6.45, 7) is 18.2. The minimum atomic E-state index is -0.0629. The van der Waals surface area contributed by atoms with Crippen LogP contribution < -0.4 is 0 Å². The van der Waals surface area contributed by atoms with Crippen molar-refractivity contribution in [3.8, 4) is 0 Å². The van der Waals surface area contributed by atoms with E-state index in [9.17, 15) is 5.11 Å². The predicted octanol–water partition coefficient (Wildman–Crippen LogP) is 7.86. The maximum Gasteiger partial charge on any atom is 0.0571 e. The van der Waals surface area contributed by atoms with Gasteiger partial charge in [-0.15, -0.1) is 0 Å². The summed E-state index contributed by atoms with van der Waals surface area (Å²) in [5, 5.41) is 10.7. The van der Waals surface area contributed by atoms with Crippen molar-refractivity contribution in [3.63, 3.8) is 0 Å². The van der Waals surface area contributed by atoms with Crippen molar-refractivity contribution in [2.24, 2.45) is 56.7 Å². The summed E-state index contributed by atoms with van der Waals surface area (Å²) in [4.78, 5) is 0. The van der Waals surface area contributed by atoms with Crippen LogP contribution in [0.1, 0.15) is 119 Å². The first-order valence-electron chi connectivity index (χ1n) is 13.5. The Balaban J connectivity index is 1.49. The number of aliphatic hydroxyl groups is 1. The summed E-state index contributed by atoms with van der Waals surface area (Å²) in [7, 11) is 0. The van der Waals surface area contributed by atoms with Gasteiger partial charge >= 0.3 is 0 Å². The molecule has 1 N–H and O–H groups in total. The molecule has 0 amide bonds. The van der Waals surface area contributed by atoms with Gasteiger partial charge in [-0.2, -0.15) is 0 Å². The lowest BCUT2D eigenvalue weighted by atomic mass is 9.33. The first kappa shape index (κ1) is 21.8. The highest BCUT2D eigenvalue weighted by Gasteiger charge is 2.67. The molecule has 0 radical (unpaired) electrons. The molecule has 0 aromatic rings. The number of aliphatic hydroxyl groups excluding tert-OH is 1. The van der Waals surface area contributed by atoms with Crippen LogP contribution in [0.4, 0.5) is 0 Å². The Morgan fingerprint density at radius 1 is 0.667 bits per heavy atom. The maximum atomic E-state index is 10.7. The summed E-state index contributed by atoms with van der Waals surface area (Å²) < 4.78 is 0. The van der Waals surface area contributed by atoms with E-state index in [2.05, 4.69) is 48.5 Å². The van der Waals surface area contributed by atoms with Crippen LogP contribution in [0.15, 0.2) is 0 Å². The molecule has 5 rings (SSSR count). The number of hydrogen-bond acceptors (Lipinski definition) is 1. The fourth-order valence-corrected chi connectivity index (χ4v) is 10.7.